The average molecular weight is 412 g/mol. The van der Waals surface area contributed by atoms with Gasteiger partial charge in [0.1, 0.15) is 10.7 Å². The van der Waals surface area contributed by atoms with Crippen LogP contribution in [0.5, 0.6) is 0 Å². The second-order valence-corrected chi connectivity index (χ2v) is 7.65. The number of non-ortho nitro benzene ring substituents is 1. The Kier molecular flexibility index (Phi) is 6.83. The van der Waals surface area contributed by atoms with Gasteiger partial charge in [-0.05, 0) is 18.2 Å². The highest BCUT2D eigenvalue weighted by Crippen LogP contribution is 2.21. The number of rotatable bonds is 8. The number of nitrogens with one attached hydrogen (secondary N) is 1. The highest BCUT2D eigenvalue weighted by molar-refractivity contribution is 7.89. The van der Waals surface area contributed by atoms with Crippen molar-refractivity contribution < 1.29 is 13.3 Å². The number of sulfonamides is 1. The van der Waals surface area contributed by atoms with Crippen molar-refractivity contribution in [2.45, 2.75) is 18.7 Å². The Hall–Kier alpha value is -2.56. The topological polar surface area (TPSA) is 118 Å². The van der Waals surface area contributed by atoms with Gasteiger partial charge in [0, 0.05) is 42.0 Å². The van der Waals surface area contributed by atoms with Crippen molar-refractivity contribution in [2.24, 2.45) is 5.10 Å². The second kappa shape index (κ2) is 8.89. The van der Waals surface area contributed by atoms with E-state index >= 15 is 0 Å². The lowest BCUT2D eigenvalue weighted by Crippen LogP contribution is -2.30. The zero-order chi connectivity index (χ0) is 20.0. The van der Waals surface area contributed by atoms with Gasteiger partial charge < -0.3 is 0 Å². The van der Waals surface area contributed by atoms with Gasteiger partial charge in [0.2, 0.25) is 10.0 Å². The van der Waals surface area contributed by atoms with E-state index in [-0.39, 0.29) is 10.6 Å². The number of nitro benzene ring substituents is 1. The summed E-state index contributed by atoms with van der Waals surface area (Å²) in [5.74, 6) is 0.311. The molecule has 0 fully saturated rings. The van der Waals surface area contributed by atoms with Crippen LogP contribution in [0.2, 0.25) is 5.02 Å². The fraction of sp³-hybridized carbons (Fsp3) is 0.250. The van der Waals surface area contributed by atoms with Gasteiger partial charge in [-0.1, -0.05) is 25.4 Å². The van der Waals surface area contributed by atoms with E-state index in [1.54, 1.807) is 13.8 Å². The molecule has 0 saturated heterocycles. The lowest BCUT2D eigenvalue weighted by Gasteiger charge is -2.18. The molecule has 2 rings (SSSR count). The molecule has 1 N–H and O–H groups in total. The third-order valence-electron chi connectivity index (χ3n) is 3.65. The molecule has 1 heterocycles. The quantitative estimate of drug-likeness (QED) is 0.405. The maximum atomic E-state index is 12.4. The number of hydrogen-bond acceptors (Lipinski definition) is 7. The Morgan fingerprint density at radius 3 is 2.56 bits per heavy atom. The van der Waals surface area contributed by atoms with Crippen molar-refractivity contribution in [3.63, 3.8) is 0 Å². The van der Waals surface area contributed by atoms with Gasteiger partial charge in [0.05, 0.1) is 11.1 Å². The minimum atomic E-state index is -3.58. The molecule has 0 bridgehead atoms. The third-order valence-corrected chi connectivity index (χ3v) is 6.03. The van der Waals surface area contributed by atoms with Crippen molar-refractivity contribution in [3.05, 3.63) is 57.2 Å². The predicted molar refractivity (Wildman–Crippen MR) is 104 cm³/mol. The molecule has 0 radical (unpaired) electrons. The molecule has 2 aromatic rings. The lowest BCUT2D eigenvalue weighted by molar-refractivity contribution is -0.384. The van der Waals surface area contributed by atoms with E-state index in [0.717, 1.165) is 0 Å². The predicted octanol–water partition coefficient (Wildman–Crippen LogP) is 3.12. The summed E-state index contributed by atoms with van der Waals surface area (Å²) in [6.45, 7) is 4.26. The Bertz CT molecular complexity index is 944. The van der Waals surface area contributed by atoms with E-state index in [1.165, 1.54) is 47.0 Å². The molecule has 0 spiro atoms. The van der Waals surface area contributed by atoms with E-state index in [0.29, 0.717) is 29.5 Å². The summed E-state index contributed by atoms with van der Waals surface area (Å²) < 4.78 is 26.1. The average Bonchev–Trinajstić information content (AvgIpc) is 2.64. The lowest BCUT2D eigenvalue weighted by atomic mass is 10.2. The van der Waals surface area contributed by atoms with Crippen molar-refractivity contribution >= 4 is 39.3 Å². The molecule has 27 heavy (non-hydrogen) atoms. The number of hydrazone groups is 1. The minimum Gasteiger partial charge on any atom is -0.261 e. The Morgan fingerprint density at radius 1 is 1.30 bits per heavy atom. The summed E-state index contributed by atoms with van der Waals surface area (Å²) in [5, 5.41) is 15.0. The summed E-state index contributed by atoms with van der Waals surface area (Å²) in [6.07, 6.45) is 2.56. The van der Waals surface area contributed by atoms with Gasteiger partial charge in [-0.15, -0.1) is 0 Å². The number of halogens is 1. The molecule has 0 atom stereocenters. The van der Waals surface area contributed by atoms with Gasteiger partial charge in [-0.3, -0.25) is 15.5 Å². The van der Waals surface area contributed by atoms with Crippen LogP contribution in [0.3, 0.4) is 0 Å². The zero-order valence-corrected chi connectivity index (χ0v) is 16.2. The van der Waals surface area contributed by atoms with Crippen LogP contribution in [0.25, 0.3) is 0 Å². The van der Waals surface area contributed by atoms with Crippen LogP contribution < -0.4 is 5.43 Å². The van der Waals surface area contributed by atoms with Gasteiger partial charge in [0.25, 0.3) is 5.69 Å². The fourth-order valence-electron chi connectivity index (χ4n) is 2.22. The van der Waals surface area contributed by atoms with E-state index in [9.17, 15) is 18.5 Å². The zero-order valence-electron chi connectivity index (χ0n) is 14.7. The molecule has 0 amide bonds. The molecule has 0 saturated carbocycles. The summed E-state index contributed by atoms with van der Waals surface area (Å²) in [6, 6.07) is 6.90. The van der Waals surface area contributed by atoms with Crippen molar-refractivity contribution in [3.8, 4) is 0 Å². The third kappa shape index (κ3) is 5.00. The fourth-order valence-corrected chi connectivity index (χ4v) is 3.79. The van der Waals surface area contributed by atoms with Gasteiger partial charge in [-0.2, -0.15) is 9.41 Å². The molecular weight excluding hydrogens is 394 g/mol. The Morgan fingerprint density at radius 2 is 2.00 bits per heavy atom. The van der Waals surface area contributed by atoms with Crippen LogP contribution in [0.15, 0.2) is 46.5 Å². The normalized spacial score (nSPS) is 11.9. The smallest absolute Gasteiger partial charge is 0.261 e. The summed E-state index contributed by atoms with van der Waals surface area (Å²) in [4.78, 5) is 14.4. The van der Waals surface area contributed by atoms with Crippen molar-refractivity contribution in [1.82, 2.24) is 9.29 Å². The van der Waals surface area contributed by atoms with E-state index in [2.05, 4.69) is 15.5 Å². The maximum absolute atomic E-state index is 12.4. The molecular formula is C16H18ClN5O4S. The van der Waals surface area contributed by atoms with Crippen molar-refractivity contribution in [1.29, 1.82) is 0 Å². The molecule has 1 aromatic heterocycles. The highest BCUT2D eigenvalue weighted by atomic mass is 35.5. The maximum Gasteiger partial charge on any atom is 0.270 e. The summed E-state index contributed by atoms with van der Waals surface area (Å²) in [7, 11) is -3.58. The van der Waals surface area contributed by atoms with Crippen molar-refractivity contribution in [2.75, 3.05) is 18.5 Å². The van der Waals surface area contributed by atoms with Crippen LogP contribution in [0.4, 0.5) is 11.5 Å². The molecule has 0 aliphatic carbocycles. The largest absolute Gasteiger partial charge is 0.270 e. The number of nitrogens with zero attached hydrogens (tertiary/aromatic N) is 4. The van der Waals surface area contributed by atoms with E-state index < -0.39 is 14.9 Å². The summed E-state index contributed by atoms with van der Waals surface area (Å²) >= 11 is 5.98. The van der Waals surface area contributed by atoms with Crippen LogP contribution in [-0.4, -0.2) is 41.9 Å². The molecule has 0 aliphatic rings. The Labute approximate surface area is 161 Å². The number of pyridine rings is 1. The number of anilines is 1. The number of nitro groups is 1. The highest BCUT2D eigenvalue weighted by Gasteiger charge is 2.21. The molecule has 0 aliphatic heterocycles. The molecule has 1 aromatic carbocycles. The first-order valence-corrected chi connectivity index (χ1v) is 9.80. The van der Waals surface area contributed by atoms with Gasteiger partial charge in [-0.25, -0.2) is 13.4 Å². The Balaban J connectivity index is 2.13. The van der Waals surface area contributed by atoms with Crippen LogP contribution >= 0.6 is 11.6 Å². The molecule has 9 nitrogen and oxygen atoms in total. The van der Waals surface area contributed by atoms with Crippen LogP contribution in [0.1, 0.15) is 19.4 Å². The minimum absolute atomic E-state index is 0.0856. The first-order valence-electron chi connectivity index (χ1n) is 7.98. The van der Waals surface area contributed by atoms with E-state index in [4.69, 9.17) is 11.6 Å². The van der Waals surface area contributed by atoms with Gasteiger partial charge in [0.15, 0.2) is 0 Å². The molecule has 144 valence electrons. The first kappa shape index (κ1) is 20.7. The summed E-state index contributed by atoms with van der Waals surface area (Å²) in [5.41, 5.74) is 2.88. The van der Waals surface area contributed by atoms with E-state index in [1.807, 2.05) is 0 Å². The molecule has 11 heteroatoms. The first-order chi connectivity index (χ1) is 12.8. The number of aromatic nitrogens is 1. The second-order valence-electron chi connectivity index (χ2n) is 5.30. The molecule has 0 unspecified atom stereocenters. The van der Waals surface area contributed by atoms with Crippen LogP contribution in [0, 0.1) is 10.1 Å². The monoisotopic (exact) mass is 411 g/mol. The standard InChI is InChI=1S/C16H18ClN5O4S/c1-3-21(4-2)27(25,26)14-6-8-16(18-11-14)20-19-10-12-9-13(22(23)24)5-7-15(12)17/h5-11H,3-4H2,1-2H3,(H,18,20)/b19-10+. The number of hydrogen-bond donors (Lipinski definition) is 1. The SMILES string of the molecule is CCN(CC)S(=O)(=O)c1ccc(N/N=C/c2cc([N+](=O)[O-])ccc2Cl)nc1. The van der Waals surface area contributed by atoms with Gasteiger partial charge >= 0.3 is 0 Å². The number of benzene rings is 1. The van der Waals surface area contributed by atoms with Crippen LogP contribution in [-0.2, 0) is 10.0 Å².